The van der Waals surface area contributed by atoms with Crippen LogP contribution in [-0.2, 0) is 25.8 Å². The maximum absolute atomic E-state index is 5.66. The topological polar surface area (TPSA) is 55.9 Å². The third-order valence-electron chi connectivity index (χ3n) is 2.48. The highest BCUT2D eigenvalue weighted by Crippen LogP contribution is 2.13. The van der Waals surface area contributed by atoms with Crippen molar-refractivity contribution in [2.24, 2.45) is 7.05 Å². The van der Waals surface area contributed by atoms with Gasteiger partial charge in [-0.1, -0.05) is 0 Å². The molecule has 2 rings (SSSR count). The van der Waals surface area contributed by atoms with Crippen molar-refractivity contribution in [2.75, 3.05) is 12.8 Å². The number of rotatable bonds is 7. The molecule has 0 bridgehead atoms. The molecule has 0 radical (unpaired) electrons. The van der Waals surface area contributed by atoms with Gasteiger partial charge in [-0.3, -0.25) is 4.68 Å². The van der Waals surface area contributed by atoms with Gasteiger partial charge in [-0.15, -0.1) is 0 Å². The van der Waals surface area contributed by atoms with Gasteiger partial charge in [0, 0.05) is 20.0 Å². The average molecular weight is 266 g/mol. The summed E-state index contributed by atoms with van der Waals surface area (Å²) in [5.74, 6) is 3.81. The Labute approximate surface area is 111 Å². The van der Waals surface area contributed by atoms with E-state index < -0.39 is 0 Å². The summed E-state index contributed by atoms with van der Waals surface area (Å²) in [6, 6.07) is 4.06. The van der Waals surface area contributed by atoms with E-state index in [4.69, 9.17) is 4.42 Å². The zero-order chi connectivity index (χ0) is 12.8. The first kappa shape index (κ1) is 13.2. The largest absolute Gasteiger partial charge is 0.464 e. The van der Waals surface area contributed by atoms with Gasteiger partial charge in [-0.2, -0.15) is 16.9 Å². The molecule has 1 N–H and O–H groups in total. The number of hydrogen-bond donors (Lipinski definition) is 1. The first-order valence-electron chi connectivity index (χ1n) is 5.89. The monoisotopic (exact) mass is 266 g/mol. The van der Waals surface area contributed by atoms with Gasteiger partial charge >= 0.3 is 0 Å². The Kier molecular flexibility index (Phi) is 4.83. The van der Waals surface area contributed by atoms with Gasteiger partial charge in [0.25, 0.3) is 0 Å². The van der Waals surface area contributed by atoms with Crippen molar-refractivity contribution < 1.29 is 4.42 Å². The molecule has 6 heteroatoms. The van der Waals surface area contributed by atoms with E-state index in [2.05, 4.69) is 21.7 Å². The second kappa shape index (κ2) is 6.61. The number of aryl methyl sites for hydroxylation is 1. The molecule has 98 valence electrons. The fourth-order valence-corrected chi connectivity index (χ4v) is 2.09. The number of thioether (sulfide) groups is 1. The smallest absolute Gasteiger partial charge is 0.151 e. The predicted molar refractivity (Wildman–Crippen MR) is 72.3 cm³/mol. The molecule has 0 saturated heterocycles. The Morgan fingerprint density at radius 3 is 2.94 bits per heavy atom. The van der Waals surface area contributed by atoms with Crippen molar-refractivity contribution >= 4 is 11.8 Å². The lowest BCUT2D eigenvalue weighted by Crippen LogP contribution is -2.16. The van der Waals surface area contributed by atoms with Gasteiger partial charge in [0.1, 0.15) is 17.8 Å². The van der Waals surface area contributed by atoms with Gasteiger partial charge in [-0.05, 0) is 18.4 Å². The van der Waals surface area contributed by atoms with E-state index >= 15 is 0 Å². The van der Waals surface area contributed by atoms with Crippen LogP contribution in [0.3, 0.4) is 0 Å². The Hall–Kier alpha value is -1.27. The van der Waals surface area contributed by atoms with Crippen LogP contribution in [0.4, 0.5) is 0 Å². The summed E-state index contributed by atoms with van der Waals surface area (Å²) < 4.78 is 7.38. The van der Waals surface area contributed by atoms with E-state index in [9.17, 15) is 0 Å². The van der Waals surface area contributed by atoms with Crippen LogP contribution in [0.25, 0.3) is 0 Å². The normalized spacial score (nSPS) is 11.0. The molecule has 0 saturated carbocycles. The van der Waals surface area contributed by atoms with E-state index in [1.807, 2.05) is 19.2 Å². The van der Waals surface area contributed by atoms with Crippen LogP contribution in [0.15, 0.2) is 22.9 Å². The maximum atomic E-state index is 5.66. The highest BCUT2D eigenvalue weighted by Gasteiger charge is 2.02. The fourth-order valence-electron chi connectivity index (χ4n) is 1.65. The zero-order valence-electron chi connectivity index (χ0n) is 10.7. The molecule has 0 unspecified atom stereocenters. The van der Waals surface area contributed by atoms with Crippen molar-refractivity contribution in [1.82, 2.24) is 20.1 Å². The molecule has 0 spiro atoms. The number of furan rings is 1. The van der Waals surface area contributed by atoms with Crippen molar-refractivity contribution in [2.45, 2.75) is 18.7 Å². The maximum Gasteiger partial charge on any atom is 0.151 e. The summed E-state index contributed by atoms with van der Waals surface area (Å²) in [5, 5.41) is 7.55. The quantitative estimate of drug-likeness (QED) is 0.772. The summed E-state index contributed by atoms with van der Waals surface area (Å²) in [7, 11) is 1.88. The molecule has 5 nitrogen and oxygen atoms in total. The Morgan fingerprint density at radius 1 is 1.39 bits per heavy atom. The minimum absolute atomic E-state index is 0.751. The molecule has 18 heavy (non-hydrogen) atoms. The summed E-state index contributed by atoms with van der Waals surface area (Å²) >= 11 is 1.76. The minimum Gasteiger partial charge on any atom is -0.464 e. The number of aromatic nitrogens is 3. The molecule has 0 aliphatic heterocycles. The van der Waals surface area contributed by atoms with Gasteiger partial charge in [0.05, 0.1) is 12.3 Å². The molecule has 0 aliphatic carbocycles. The number of nitrogens with zero attached hydrogens (tertiary/aromatic N) is 3. The molecule has 0 atom stereocenters. The Balaban J connectivity index is 1.68. The van der Waals surface area contributed by atoms with Gasteiger partial charge in [0.15, 0.2) is 5.82 Å². The predicted octanol–water partition coefficient (Wildman–Crippen LogP) is 1.60. The molecule has 0 aromatic carbocycles. The third kappa shape index (κ3) is 3.89. The van der Waals surface area contributed by atoms with E-state index in [1.54, 1.807) is 22.8 Å². The van der Waals surface area contributed by atoms with Crippen LogP contribution in [0.5, 0.6) is 0 Å². The second-order valence-electron chi connectivity index (χ2n) is 4.06. The van der Waals surface area contributed by atoms with Crippen LogP contribution >= 0.6 is 11.8 Å². The van der Waals surface area contributed by atoms with E-state index in [0.717, 1.165) is 42.6 Å². The first-order valence-corrected chi connectivity index (χ1v) is 7.29. The van der Waals surface area contributed by atoms with Crippen LogP contribution in [0, 0.1) is 0 Å². The molecule has 0 amide bonds. The molecule has 2 aromatic rings. The number of nitrogens with one attached hydrogen (secondary N) is 1. The molecule has 0 fully saturated rings. The Bertz CT molecular complexity index is 480. The highest BCUT2D eigenvalue weighted by molar-refractivity contribution is 7.97. The van der Waals surface area contributed by atoms with E-state index in [1.165, 1.54) is 0 Å². The van der Waals surface area contributed by atoms with E-state index in [0.29, 0.717) is 0 Å². The van der Waals surface area contributed by atoms with Crippen molar-refractivity contribution in [3.05, 3.63) is 35.8 Å². The zero-order valence-corrected chi connectivity index (χ0v) is 11.5. The standard InChI is InChI=1S/C12H18N4OS/c1-16-9-14-12(15-16)5-6-13-7-10-3-4-11(17-10)8-18-2/h3-4,9,13H,5-8H2,1-2H3. The molecule has 0 aliphatic rings. The Morgan fingerprint density at radius 2 is 2.22 bits per heavy atom. The van der Waals surface area contributed by atoms with E-state index in [-0.39, 0.29) is 0 Å². The van der Waals surface area contributed by atoms with Gasteiger partial charge in [-0.25, -0.2) is 4.98 Å². The lowest BCUT2D eigenvalue weighted by Gasteiger charge is -2.00. The van der Waals surface area contributed by atoms with Gasteiger partial charge < -0.3 is 9.73 Å². The summed E-state index contributed by atoms with van der Waals surface area (Å²) in [6.45, 7) is 1.60. The third-order valence-corrected chi connectivity index (χ3v) is 3.05. The molecule has 2 heterocycles. The highest BCUT2D eigenvalue weighted by atomic mass is 32.2. The average Bonchev–Trinajstić information content (AvgIpc) is 2.95. The molecular formula is C12H18N4OS. The van der Waals surface area contributed by atoms with Crippen LogP contribution in [-0.4, -0.2) is 27.6 Å². The van der Waals surface area contributed by atoms with Crippen molar-refractivity contribution in [3.63, 3.8) is 0 Å². The first-order chi connectivity index (χ1) is 8.78. The summed E-state index contributed by atoms with van der Waals surface area (Å²) in [6.07, 6.45) is 4.62. The molecule has 2 aromatic heterocycles. The summed E-state index contributed by atoms with van der Waals surface area (Å²) in [4.78, 5) is 4.17. The lowest BCUT2D eigenvalue weighted by molar-refractivity contribution is 0.459. The van der Waals surface area contributed by atoms with Crippen LogP contribution in [0.2, 0.25) is 0 Å². The fraction of sp³-hybridized carbons (Fsp3) is 0.500. The minimum atomic E-state index is 0.751. The van der Waals surface area contributed by atoms with Gasteiger partial charge in [0.2, 0.25) is 0 Å². The molecular weight excluding hydrogens is 248 g/mol. The van der Waals surface area contributed by atoms with Crippen LogP contribution in [0.1, 0.15) is 17.3 Å². The van der Waals surface area contributed by atoms with Crippen LogP contribution < -0.4 is 5.32 Å². The SMILES string of the molecule is CSCc1ccc(CNCCc2ncn(C)n2)o1. The summed E-state index contributed by atoms with van der Waals surface area (Å²) in [5.41, 5.74) is 0. The van der Waals surface area contributed by atoms with Crippen molar-refractivity contribution in [3.8, 4) is 0 Å². The lowest BCUT2D eigenvalue weighted by atomic mass is 10.4. The number of hydrogen-bond acceptors (Lipinski definition) is 5. The second-order valence-corrected chi connectivity index (χ2v) is 4.93. The van der Waals surface area contributed by atoms with Crippen molar-refractivity contribution in [1.29, 1.82) is 0 Å².